The molecule has 0 radical (unpaired) electrons. The van der Waals surface area contributed by atoms with Crippen LogP contribution in [0.25, 0.3) is 0 Å². The Balaban J connectivity index is 1.97. The van der Waals surface area contributed by atoms with Crippen LogP contribution in [-0.4, -0.2) is 10.2 Å². The van der Waals surface area contributed by atoms with Gasteiger partial charge in [0.05, 0.1) is 11.4 Å². The molecule has 6 nitrogen and oxygen atoms in total. The average molecular weight is 421 g/mol. The van der Waals surface area contributed by atoms with Gasteiger partial charge in [-0.25, -0.2) is 0 Å². The molecule has 31 heavy (non-hydrogen) atoms. The molecule has 0 saturated heterocycles. The molecular weight excluding hydrogens is 388 g/mol. The zero-order chi connectivity index (χ0) is 23.0. The second-order valence-electron chi connectivity index (χ2n) is 9.34. The molecule has 0 bridgehead atoms. The first-order valence-corrected chi connectivity index (χ1v) is 10.2. The van der Waals surface area contributed by atoms with E-state index in [9.17, 15) is 10.2 Å². The van der Waals surface area contributed by atoms with E-state index in [1.807, 2.05) is 48.6 Å². The van der Waals surface area contributed by atoms with Gasteiger partial charge in [0.25, 0.3) is 0 Å². The highest BCUT2D eigenvalue weighted by atomic mass is 16.3. The van der Waals surface area contributed by atoms with Crippen LogP contribution in [0.5, 0.6) is 11.5 Å². The van der Waals surface area contributed by atoms with Gasteiger partial charge in [0, 0.05) is 39.2 Å². The summed E-state index contributed by atoms with van der Waals surface area (Å²) < 4.78 is 0. The normalized spacial score (nSPS) is 19.4. The van der Waals surface area contributed by atoms with E-state index >= 15 is 0 Å². The maximum absolute atomic E-state index is 10.7. The van der Waals surface area contributed by atoms with Crippen molar-refractivity contribution < 1.29 is 10.2 Å². The third-order valence-corrected chi connectivity index (χ3v) is 5.11. The molecule has 6 heteroatoms. The molecule has 1 aromatic rings. The summed E-state index contributed by atoms with van der Waals surface area (Å²) in [6.07, 6.45) is 15.4. The topological polar surface area (TPSA) is 117 Å². The molecule has 2 aliphatic rings. The first-order valence-electron chi connectivity index (χ1n) is 10.2. The number of nitrogens with two attached hydrogens (primary N) is 2. The smallest absolute Gasteiger partial charge is 0.145 e. The van der Waals surface area contributed by atoms with E-state index in [0.717, 1.165) is 11.4 Å². The van der Waals surface area contributed by atoms with Crippen molar-refractivity contribution in [3.05, 3.63) is 83.0 Å². The number of anilines is 2. The first kappa shape index (κ1) is 22.2. The van der Waals surface area contributed by atoms with E-state index in [4.69, 9.17) is 11.5 Å². The lowest BCUT2D eigenvalue weighted by atomic mass is 9.92. The number of phenolic OH excluding ortho intramolecular Hbond substituents is 2. The fourth-order valence-electron chi connectivity index (χ4n) is 3.76. The Morgan fingerprint density at radius 2 is 1.06 bits per heavy atom. The number of phenols is 2. The van der Waals surface area contributed by atoms with Gasteiger partial charge in [0.1, 0.15) is 11.5 Å². The summed E-state index contributed by atoms with van der Waals surface area (Å²) in [7, 11) is 0. The summed E-state index contributed by atoms with van der Waals surface area (Å²) in [5, 5.41) is 27.8. The highest BCUT2D eigenvalue weighted by Crippen LogP contribution is 2.42. The fourth-order valence-corrected chi connectivity index (χ4v) is 3.76. The highest BCUT2D eigenvalue weighted by Gasteiger charge is 2.20. The van der Waals surface area contributed by atoms with Crippen molar-refractivity contribution in [3.8, 4) is 11.5 Å². The van der Waals surface area contributed by atoms with Crippen molar-refractivity contribution in [3.63, 3.8) is 0 Å². The van der Waals surface area contributed by atoms with Crippen LogP contribution < -0.4 is 22.1 Å². The van der Waals surface area contributed by atoms with Crippen LogP contribution >= 0.6 is 0 Å². The third-order valence-electron chi connectivity index (χ3n) is 5.11. The van der Waals surface area contributed by atoms with Crippen LogP contribution in [-0.2, 0) is 0 Å². The Morgan fingerprint density at radius 3 is 1.45 bits per heavy atom. The molecule has 0 atom stereocenters. The van der Waals surface area contributed by atoms with Crippen molar-refractivity contribution in [1.29, 1.82) is 0 Å². The van der Waals surface area contributed by atoms with Crippen LogP contribution in [0.2, 0.25) is 0 Å². The SMILES string of the molecule is Cc1c(O)c(NC2=CC(C)(C)C=C(N)C=C2)cc(NC2=CC(C)(C)C=C(N)C=C2)c1O. The van der Waals surface area contributed by atoms with Gasteiger partial charge >= 0.3 is 0 Å². The standard InChI is InChI=1S/C25H32N4O2/c1-15-22(30)20(28-18-8-6-16(26)11-24(2,3)13-18)10-21(23(15)31)29-19-9-7-17(27)12-25(4,5)14-19/h6-14,28-31H,26-27H2,1-5H3. The first-order chi connectivity index (χ1) is 14.3. The van der Waals surface area contributed by atoms with E-state index in [1.165, 1.54) is 0 Å². The number of hydrogen-bond acceptors (Lipinski definition) is 6. The zero-order valence-electron chi connectivity index (χ0n) is 18.7. The quantitative estimate of drug-likeness (QED) is 0.306. The lowest BCUT2D eigenvalue weighted by molar-refractivity contribution is 0.446. The molecule has 164 valence electrons. The third kappa shape index (κ3) is 5.34. The van der Waals surface area contributed by atoms with Gasteiger partial charge in [-0.3, -0.25) is 0 Å². The molecule has 1 aromatic carbocycles. The molecule has 3 rings (SSSR count). The van der Waals surface area contributed by atoms with Crippen molar-refractivity contribution in [2.45, 2.75) is 34.6 Å². The van der Waals surface area contributed by atoms with Crippen LogP contribution in [0.3, 0.4) is 0 Å². The van der Waals surface area contributed by atoms with Gasteiger partial charge in [-0.2, -0.15) is 0 Å². The van der Waals surface area contributed by atoms with E-state index in [1.54, 1.807) is 13.0 Å². The Morgan fingerprint density at radius 1 is 0.677 bits per heavy atom. The van der Waals surface area contributed by atoms with Crippen molar-refractivity contribution in [1.82, 2.24) is 0 Å². The van der Waals surface area contributed by atoms with Gasteiger partial charge in [0.15, 0.2) is 0 Å². The molecule has 0 fully saturated rings. The molecule has 0 heterocycles. The number of hydrogen-bond donors (Lipinski definition) is 6. The molecule has 0 spiro atoms. The summed E-state index contributed by atoms with van der Waals surface area (Å²) in [4.78, 5) is 0. The van der Waals surface area contributed by atoms with Gasteiger partial charge < -0.3 is 32.3 Å². The monoisotopic (exact) mass is 420 g/mol. The molecule has 8 N–H and O–H groups in total. The van der Waals surface area contributed by atoms with Gasteiger partial charge in [-0.15, -0.1) is 0 Å². The van der Waals surface area contributed by atoms with Crippen LogP contribution in [0.4, 0.5) is 11.4 Å². The fraction of sp³-hybridized carbons (Fsp3) is 0.280. The molecule has 0 unspecified atom stereocenters. The lowest BCUT2D eigenvalue weighted by Gasteiger charge is -2.20. The van der Waals surface area contributed by atoms with Gasteiger partial charge in [0.2, 0.25) is 0 Å². The van der Waals surface area contributed by atoms with Crippen molar-refractivity contribution >= 4 is 11.4 Å². The Kier molecular flexibility index (Phi) is 5.68. The predicted molar refractivity (Wildman–Crippen MR) is 128 cm³/mol. The van der Waals surface area contributed by atoms with Crippen molar-refractivity contribution in [2.24, 2.45) is 22.3 Å². The van der Waals surface area contributed by atoms with E-state index in [2.05, 4.69) is 38.3 Å². The second kappa shape index (κ2) is 7.95. The molecule has 0 aliphatic heterocycles. The lowest BCUT2D eigenvalue weighted by Crippen LogP contribution is -2.09. The summed E-state index contributed by atoms with van der Waals surface area (Å²) in [6.45, 7) is 9.87. The van der Waals surface area contributed by atoms with E-state index < -0.39 is 0 Å². The number of rotatable bonds is 4. The highest BCUT2D eigenvalue weighted by molar-refractivity contribution is 5.77. The Hall–Kier alpha value is -3.54. The molecule has 0 aromatic heterocycles. The molecule has 2 aliphatic carbocycles. The molecule has 0 amide bonds. The largest absolute Gasteiger partial charge is 0.505 e. The minimum Gasteiger partial charge on any atom is -0.505 e. The maximum Gasteiger partial charge on any atom is 0.145 e. The average Bonchev–Trinajstić information content (AvgIpc) is 2.86. The summed E-state index contributed by atoms with van der Waals surface area (Å²) in [5.41, 5.74) is 15.8. The number of nitrogens with one attached hydrogen (secondary N) is 2. The van der Waals surface area contributed by atoms with Gasteiger partial charge in [-0.05, 0) is 37.3 Å². The minimum atomic E-state index is -0.257. The Bertz CT molecular complexity index is 1000. The molecule has 0 saturated carbocycles. The van der Waals surface area contributed by atoms with Gasteiger partial charge in [-0.1, -0.05) is 52.0 Å². The van der Waals surface area contributed by atoms with Crippen LogP contribution in [0, 0.1) is 17.8 Å². The van der Waals surface area contributed by atoms with Crippen LogP contribution in [0.15, 0.2) is 77.5 Å². The molecular formula is C25H32N4O2. The summed E-state index contributed by atoms with van der Waals surface area (Å²) in [6, 6.07) is 1.68. The van der Waals surface area contributed by atoms with E-state index in [-0.39, 0.29) is 22.3 Å². The summed E-state index contributed by atoms with van der Waals surface area (Å²) >= 11 is 0. The van der Waals surface area contributed by atoms with Crippen molar-refractivity contribution in [2.75, 3.05) is 10.6 Å². The predicted octanol–water partition coefficient (Wildman–Crippen LogP) is 4.88. The number of aromatic hydroxyl groups is 2. The maximum atomic E-state index is 10.7. The second-order valence-corrected chi connectivity index (χ2v) is 9.34. The Labute approximate surface area is 184 Å². The zero-order valence-corrected chi connectivity index (χ0v) is 18.7. The van der Waals surface area contributed by atoms with E-state index in [0.29, 0.717) is 28.3 Å². The van der Waals surface area contributed by atoms with Crippen LogP contribution in [0.1, 0.15) is 33.3 Å². The minimum absolute atomic E-state index is 0.0167. The number of allylic oxidation sites excluding steroid dienone is 8. The summed E-state index contributed by atoms with van der Waals surface area (Å²) in [5.74, 6) is -0.0334. The number of benzene rings is 1.